The van der Waals surface area contributed by atoms with Crippen LogP contribution in [0.3, 0.4) is 0 Å². The summed E-state index contributed by atoms with van der Waals surface area (Å²) in [6, 6.07) is 21.2. The SMILES string of the molecule is O=C1CN(CCCCCN2CCC3C(C2)c2cc(F)ccc2N3c2ccc(F)cc2)C(=O)N1Cc1ccccc1. The third-order valence-electron chi connectivity index (χ3n) is 8.46. The molecule has 2 fully saturated rings. The van der Waals surface area contributed by atoms with Crippen molar-refractivity contribution in [1.82, 2.24) is 14.7 Å². The first-order chi connectivity index (χ1) is 19.5. The molecule has 0 saturated carbocycles. The summed E-state index contributed by atoms with van der Waals surface area (Å²) in [5.41, 5.74) is 3.92. The Kier molecular flexibility index (Phi) is 7.52. The van der Waals surface area contributed by atoms with Crippen molar-refractivity contribution in [3.63, 3.8) is 0 Å². The molecule has 6 rings (SSSR count). The summed E-state index contributed by atoms with van der Waals surface area (Å²) in [6.07, 6.45) is 3.76. The maximum absolute atomic E-state index is 14.3. The Morgan fingerprint density at radius 3 is 2.38 bits per heavy atom. The van der Waals surface area contributed by atoms with Crippen molar-refractivity contribution < 1.29 is 18.4 Å². The minimum atomic E-state index is -0.265. The number of piperidine rings is 1. The van der Waals surface area contributed by atoms with Crippen LogP contribution >= 0.6 is 0 Å². The van der Waals surface area contributed by atoms with Gasteiger partial charge in [-0.15, -0.1) is 0 Å². The molecule has 0 spiro atoms. The molecule has 2 atom stereocenters. The van der Waals surface area contributed by atoms with E-state index in [-0.39, 0.29) is 42.1 Å². The van der Waals surface area contributed by atoms with Crippen LogP contribution in [0.15, 0.2) is 72.8 Å². The molecule has 2 unspecified atom stereocenters. The molecule has 6 nitrogen and oxygen atoms in total. The number of fused-ring (bicyclic) bond motifs is 3. The molecule has 40 heavy (non-hydrogen) atoms. The fourth-order valence-corrected chi connectivity index (χ4v) is 6.48. The van der Waals surface area contributed by atoms with Crippen LogP contribution in [0, 0.1) is 11.6 Å². The summed E-state index contributed by atoms with van der Waals surface area (Å²) < 4.78 is 27.9. The molecular weight excluding hydrogens is 510 g/mol. The molecule has 3 aromatic carbocycles. The highest BCUT2D eigenvalue weighted by Gasteiger charge is 2.42. The Hall–Kier alpha value is -3.78. The first-order valence-electron chi connectivity index (χ1n) is 14.2. The average Bonchev–Trinajstić information content (AvgIpc) is 3.42. The Balaban J connectivity index is 1.00. The minimum absolute atomic E-state index is 0.139. The second kappa shape index (κ2) is 11.4. The molecule has 0 N–H and O–H groups in total. The van der Waals surface area contributed by atoms with E-state index in [2.05, 4.69) is 9.80 Å². The third kappa shape index (κ3) is 5.32. The highest BCUT2D eigenvalue weighted by Crippen LogP contribution is 2.48. The van der Waals surface area contributed by atoms with E-state index in [1.54, 1.807) is 23.1 Å². The number of halogens is 2. The van der Waals surface area contributed by atoms with Gasteiger partial charge in [0.25, 0.3) is 5.91 Å². The van der Waals surface area contributed by atoms with Gasteiger partial charge in [0.15, 0.2) is 0 Å². The van der Waals surface area contributed by atoms with E-state index >= 15 is 0 Å². The van der Waals surface area contributed by atoms with Crippen LogP contribution in [-0.4, -0.2) is 65.4 Å². The molecule has 3 heterocycles. The van der Waals surface area contributed by atoms with Crippen LogP contribution in [0.1, 0.15) is 42.7 Å². The fraction of sp³-hybridized carbons (Fsp3) is 0.375. The van der Waals surface area contributed by atoms with Crippen molar-refractivity contribution in [3.05, 3.63) is 95.6 Å². The predicted octanol–water partition coefficient (Wildman–Crippen LogP) is 5.91. The number of carbonyl (C=O) groups is 2. The Morgan fingerprint density at radius 1 is 0.825 bits per heavy atom. The standard InChI is InChI=1S/C32H34F2N4O2/c33-24-9-12-26(13-10-24)38-29-14-11-25(34)19-27(29)28-21-35(18-15-30(28)38)16-5-2-6-17-36-22-31(39)37(32(36)40)20-23-7-3-1-4-8-23/h1,3-4,7-14,19,28,30H,2,5-6,15-18,20-22H2. The molecular formula is C32H34F2N4O2. The van der Waals surface area contributed by atoms with Gasteiger partial charge in [-0.25, -0.2) is 13.6 Å². The van der Waals surface area contributed by atoms with Crippen molar-refractivity contribution in [1.29, 1.82) is 0 Å². The first-order valence-corrected chi connectivity index (χ1v) is 14.2. The lowest BCUT2D eigenvalue weighted by Crippen LogP contribution is -2.45. The van der Waals surface area contributed by atoms with Crippen LogP contribution in [0.2, 0.25) is 0 Å². The number of rotatable bonds is 9. The van der Waals surface area contributed by atoms with Gasteiger partial charge in [-0.1, -0.05) is 36.8 Å². The number of benzene rings is 3. The monoisotopic (exact) mass is 544 g/mol. The molecule has 3 amide bonds. The lowest BCUT2D eigenvalue weighted by molar-refractivity contribution is -0.125. The largest absolute Gasteiger partial charge is 0.337 e. The summed E-state index contributed by atoms with van der Waals surface area (Å²) >= 11 is 0. The third-order valence-corrected chi connectivity index (χ3v) is 8.46. The smallest absolute Gasteiger partial charge is 0.327 e. The molecule has 3 aromatic rings. The molecule has 0 bridgehead atoms. The van der Waals surface area contributed by atoms with Gasteiger partial charge < -0.3 is 14.7 Å². The fourth-order valence-electron chi connectivity index (χ4n) is 6.48. The van der Waals surface area contributed by atoms with Gasteiger partial charge in [0.1, 0.15) is 18.2 Å². The van der Waals surface area contributed by atoms with Crippen LogP contribution in [0.25, 0.3) is 0 Å². The Labute approximate surface area is 233 Å². The number of amides is 3. The molecule has 208 valence electrons. The quantitative estimate of drug-likeness (QED) is 0.248. The van der Waals surface area contributed by atoms with E-state index in [0.717, 1.165) is 67.8 Å². The zero-order chi connectivity index (χ0) is 27.6. The van der Waals surface area contributed by atoms with Gasteiger partial charge in [0.05, 0.1) is 6.54 Å². The zero-order valence-corrected chi connectivity index (χ0v) is 22.5. The van der Waals surface area contributed by atoms with E-state index in [0.29, 0.717) is 13.1 Å². The zero-order valence-electron chi connectivity index (χ0n) is 22.5. The van der Waals surface area contributed by atoms with Gasteiger partial charge in [-0.3, -0.25) is 9.69 Å². The lowest BCUT2D eigenvalue weighted by Gasteiger charge is -2.39. The summed E-state index contributed by atoms with van der Waals surface area (Å²) in [5.74, 6) is -0.445. The van der Waals surface area contributed by atoms with Crippen molar-refractivity contribution in [2.45, 2.75) is 44.2 Å². The van der Waals surface area contributed by atoms with Crippen LogP contribution < -0.4 is 4.90 Å². The van der Waals surface area contributed by atoms with Gasteiger partial charge in [-0.2, -0.15) is 0 Å². The number of hydrogen-bond donors (Lipinski definition) is 0. The molecule has 0 aliphatic carbocycles. The van der Waals surface area contributed by atoms with Crippen molar-refractivity contribution in [3.8, 4) is 0 Å². The van der Waals surface area contributed by atoms with Crippen LogP contribution in [-0.2, 0) is 11.3 Å². The van der Waals surface area contributed by atoms with E-state index < -0.39 is 0 Å². The topological polar surface area (TPSA) is 47.1 Å². The van der Waals surface area contributed by atoms with Crippen molar-refractivity contribution in [2.75, 3.05) is 37.6 Å². The number of carbonyl (C=O) groups excluding carboxylic acids is 2. The van der Waals surface area contributed by atoms with Gasteiger partial charge in [0, 0.05) is 43.0 Å². The number of likely N-dealkylation sites (tertiary alicyclic amines) is 1. The number of urea groups is 1. The lowest BCUT2D eigenvalue weighted by atomic mass is 9.89. The Bertz CT molecular complexity index is 1370. The Morgan fingerprint density at radius 2 is 1.57 bits per heavy atom. The highest BCUT2D eigenvalue weighted by atomic mass is 19.1. The van der Waals surface area contributed by atoms with Crippen molar-refractivity contribution >= 4 is 23.3 Å². The number of nitrogens with zero attached hydrogens (tertiary/aromatic N) is 4. The number of unbranched alkanes of at least 4 members (excludes halogenated alkanes) is 2. The van der Waals surface area contributed by atoms with Crippen LogP contribution in [0.4, 0.5) is 25.0 Å². The second-order valence-corrected chi connectivity index (χ2v) is 11.0. The van der Waals surface area contributed by atoms with Gasteiger partial charge >= 0.3 is 6.03 Å². The maximum Gasteiger partial charge on any atom is 0.327 e. The van der Waals surface area contributed by atoms with E-state index in [4.69, 9.17) is 0 Å². The minimum Gasteiger partial charge on any atom is -0.337 e. The van der Waals surface area contributed by atoms with E-state index in [9.17, 15) is 18.4 Å². The summed E-state index contributed by atoms with van der Waals surface area (Å²) in [7, 11) is 0. The molecule has 3 aliphatic rings. The molecule has 0 radical (unpaired) electrons. The molecule has 0 aromatic heterocycles. The summed E-state index contributed by atoms with van der Waals surface area (Å²) in [6.45, 7) is 3.80. The summed E-state index contributed by atoms with van der Waals surface area (Å²) in [5, 5.41) is 0. The molecule has 3 aliphatic heterocycles. The first kappa shape index (κ1) is 26.4. The van der Waals surface area contributed by atoms with E-state index in [1.807, 2.05) is 36.4 Å². The highest BCUT2D eigenvalue weighted by molar-refractivity contribution is 6.01. The number of imide groups is 1. The van der Waals surface area contributed by atoms with Crippen LogP contribution in [0.5, 0.6) is 0 Å². The predicted molar refractivity (Wildman–Crippen MR) is 150 cm³/mol. The van der Waals surface area contributed by atoms with Gasteiger partial charge in [0.2, 0.25) is 0 Å². The van der Waals surface area contributed by atoms with Gasteiger partial charge in [-0.05, 0) is 79.4 Å². The second-order valence-electron chi connectivity index (χ2n) is 11.0. The average molecular weight is 545 g/mol. The molecule has 2 saturated heterocycles. The summed E-state index contributed by atoms with van der Waals surface area (Å²) in [4.78, 5) is 32.9. The normalized spacial score (nSPS) is 20.8. The number of anilines is 2. The maximum atomic E-state index is 14.3. The van der Waals surface area contributed by atoms with E-state index in [1.165, 1.54) is 23.1 Å². The molecule has 8 heteroatoms. The number of hydrogen-bond acceptors (Lipinski definition) is 4. The van der Waals surface area contributed by atoms with Crippen molar-refractivity contribution in [2.24, 2.45) is 0 Å².